The van der Waals surface area contributed by atoms with Gasteiger partial charge in [0.15, 0.2) is 0 Å². The molecule has 3 heteroatoms. The fourth-order valence-electron chi connectivity index (χ4n) is 1.92. The average Bonchev–Trinajstić information content (AvgIpc) is 2.29. The highest BCUT2D eigenvalue weighted by molar-refractivity contribution is 5.77. The Morgan fingerprint density at radius 3 is 2.87 bits per heavy atom. The van der Waals surface area contributed by atoms with Gasteiger partial charge in [0.25, 0.3) is 0 Å². The molecule has 1 aliphatic rings. The normalized spacial score (nSPS) is 14.9. The van der Waals surface area contributed by atoms with E-state index in [0.29, 0.717) is 0 Å². The van der Waals surface area contributed by atoms with Crippen molar-refractivity contribution in [2.24, 2.45) is 0 Å². The number of benzene rings is 1. The monoisotopic (exact) mass is 205 g/mol. The molecule has 1 aliphatic heterocycles. The van der Waals surface area contributed by atoms with Crippen LogP contribution in [0.5, 0.6) is 0 Å². The molecule has 1 aromatic carbocycles. The van der Waals surface area contributed by atoms with Gasteiger partial charge >= 0.3 is 0 Å². The van der Waals surface area contributed by atoms with Crippen molar-refractivity contribution in [3.05, 3.63) is 35.4 Å². The molecule has 2 rings (SSSR count). The lowest BCUT2D eigenvalue weighted by molar-refractivity contribution is -0.136. The van der Waals surface area contributed by atoms with Crippen LogP contribution in [0.1, 0.15) is 11.1 Å². The number of fused-ring (bicyclic) bond motifs is 1. The SMILES string of the molecule is COCC(=O)N1CCc2ccccc2C1. The minimum absolute atomic E-state index is 0.0759. The van der Waals surface area contributed by atoms with Crippen molar-refractivity contribution in [2.45, 2.75) is 13.0 Å². The molecular weight excluding hydrogens is 190 g/mol. The van der Waals surface area contributed by atoms with E-state index in [4.69, 9.17) is 4.74 Å². The van der Waals surface area contributed by atoms with Gasteiger partial charge in [0.2, 0.25) is 5.91 Å². The van der Waals surface area contributed by atoms with Crippen LogP contribution in [-0.2, 0) is 22.5 Å². The number of nitrogens with zero attached hydrogens (tertiary/aromatic N) is 1. The lowest BCUT2D eigenvalue weighted by Gasteiger charge is -2.28. The molecule has 0 atom stereocenters. The first kappa shape index (κ1) is 10.2. The van der Waals surface area contributed by atoms with Crippen molar-refractivity contribution in [2.75, 3.05) is 20.3 Å². The molecule has 80 valence electrons. The molecule has 0 saturated carbocycles. The smallest absolute Gasteiger partial charge is 0.248 e. The molecule has 3 nitrogen and oxygen atoms in total. The van der Waals surface area contributed by atoms with Crippen molar-refractivity contribution in [3.63, 3.8) is 0 Å². The molecule has 0 aliphatic carbocycles. The number of carbonyl (C=O) groups is 1. The Balaban J connectivity index is 2.08. The summed E-state index contributed by atoms with van der Waals surface area (Å²) in [6.45, 7) is 1.71. The maximum absolute atomic E-state index is 11.6. The predicted octanol–water partition coefficient (Wildman–Crippen LogP) is 1.22. The van der Waals surface area contributed by atoms with Crippen molar-refractivity contribution >= 4 is 5.91 Å². The van der Waals surface area contributed by atoms with Gasteiger partial charge in [0, 0.05) is 20.2 Å². The van der Waals surface area contributed by atoms with Crippen molar-refractivity contribution in [3.8, 4) is 0 Å². The summed E-state index contributed by atoms with van der Waals surface area (Å²) in [7, 11) is 1.55. The fraction of sp³-hybridized carbons (Fsp3) is 0.417. The van der Waals surface area contributed by atoms with Crippen LogP contribution in [0, 0.1) is 0 Å². The Morgan fingerprint density at radius 1 is 1.40 bits per heavy atom. The number of amides is 1. The van der Waals surface area contributed by atoms with E-state index in [0.717, 1.165) is 19.5 Å². The molecule has 1 aromatic rings. The first-order valence-electron chi connectivity index (χ1n) is 5.15. The zero-order valence-electron chi connectivity index (χ0n) is 8.90. The molecule has 0 radical (unpaired) electrons. The quantitative estimate of drug-likeness (QED) is 0.726. The van der Waals surface area contributed by atoms with Crippen LogP contribution in [0.25, 0.3) is 0 Å². The van der Waals surface area contributed by atoms with Gasteiger partial charge in [-0.05, 0) is 17.5 Å². The Bertz CT molecular complexity index is 362. The fourth-order valence-corrected chi connectivity index (χ4v) is 1.92. The van der Waals surface area contributed by atoms with Crippen LogP contribution in [0.3, 0.4) is 0 Å². The van der Waals surface area contributed by atoms with Gasteiger partial charge in [0.1, 0.15) is 6.61 Å². The van der Waals surface area contributed by atoms with Gasteiger partial charge in [-0.2, -0.15) is 0 Å². The summed E-state index contributed by atoms with van der Waals surface area (Å²) in [6.07, 6.45) is 0.950. The van der Waals surface area contributed by atoms with Gasteiger partial charge in [-0.15, -0.1) is 0 Å². The molecule has 1 amide bonds. The standard InChI is InChI=1S/C12H15NO2/c1-15-9-12(14)13-7-6-10-4-2-3-5-11(10)8-13/h2-5H,6-9H2,1H3. The molecule has 0 N–H and O–H groups in total. The van der Waals surface area contributed by atoms with E-state index < -0.39 is 0 Å². The Hall–Kier alpha value is -1.35. The first-order valence-corrected chi connectivity index (χ1v) is 5.15. The second-order valence-electron chi connectivity index (χ2n) is 3.77. The second kappa shape index (κ2) is 4.45. The molecule has 0 bridgehead atoms. The lowest BCUT2D eigenvalue weighted by Crippen LogP contribution is -2.37. The van der Waals surface area contributed by atoms with Crippen LogP contribution in [0.2, 0.25) is 0 Å². The first-order chi connectivity index (χ1) is 7.31. The Kier molecular flexibility index (Phi) is 3.02. The van der Waals surface area contributed by atoms with E-state index in [1.54, 1.807) is 7.11 Å². The highest BCUT2D eigenvalue weighted by Gasteiger charge is 2.19. The van der Waals surface area contributed by atoms with E-state index in [-0.39, 0.29) is 12.5 Å². The molecular formula is C12H15NO2. The highest BCUT2D eigenvalue weighted by atomic mass is 16.5. The van der Waals surface area contributed by atoms with E-state index in [1.165, 1.54) is 11.1 Å². The van der Waals surface area contributed by atoms with Crippen LogP contribution < -0.4 is 0 Å². The number of methoxy groups -OCH3 is 1. The van der Waals surface area contributed by atoms with E-state index >= 15 is 0 Å². The summed E-state index contributed by atoms with van der Waals surface area (Å²) in [5.74, 6) is 0.0759. The summed E-state index contributed by atoms with van der Waals surface area (Å²) >= 11 is 0. The van der Waals surface area contributed by atoms with Gasteiger partial charge in [0.05, 0.1) is 0 Å². The Morgan fingerprint density at radius 2 is 2.13 bits per heavy atom. The van der Waals surface area contributed by atoms with Crippen LogP contribution >= 0.6 is 0 Å². The minimum atomic E-state index is 0.0759. The number of carbonyl (C=O) groups excluding carboxylic acids is 1. The predicted molar refractivity (Wildman–Crippen MR) is 57.4 cm³/mol. The molecule has 0 aromatic heterocycles. The van der Waals surface area contributed by atoms with Crippen molar-refractivity contribution < 1.29 is 9.53 Å². The lowest BCUT2D eigenvalue weighted by atomic mass is 10.00. The van der Waals surface area contributed by atoms with Gasteiger partial charge in [-0.3, -0.25) is 4.79 Å². The second-order valence-corrected chi connectivity index (χ2v) is 3.77. The molecule has 1 heterocycles. The highest BCUT2D eigenvalue weighted by Crippen LogP contribution is 2.18. The third-order valence-corrected chi connectivity index (χ3v) is 2.75. The summed E-state index contributed by atoms with van der Waals surface area (Å²) < 4.78 is 4.85. The van der Waals surface area contributed by atoms with Crippen LogP contribution in [-0.4, -0.2) is 31.1 Å². The van der Waals surface area contributed by atoms with Gasteiger partial charge in [-0.25, -0.2) is 0 Å². The third kappa shape index (κ3) is 2.18. The largest absolute Gasteiger partial charge is 0.375 e. The minimum Gasteiger partial charge on any atom is -0.375 e. The van der Waals surface area contributed by atoms with Gasteiger partial charge in [-0.1, -0.05) is 24.3 Å². The topological polar surface area (TPSA) is 29.5 Å². The molecule has 0 spiro atoms. The van der Waals surface area contributed by atoms with Gasteiger partial charge < -0.3 is 9.64 Å². The molecule has 15 heavy (non-hydrogen) atoms. The summed E-state index contributed by atoms with van der Waals surface area (Å²) in [4.78, 5) is 13.5. The Labute approximate surface area is 89.7 Å². The molecule has 0 unspecified atom stereocenters. The van der Waals surface area contributed by atoms with E-state index in [1.807, 2.05) is 17.0 Å². The van der Waals surface area contributed by atoms with Crippen molar-refractivity contribution in [1.29, 1.82) is 0 Å². The summed E-state index contributed by atoms with van der Waals surface area (Å²) in [6, 6.07) is 8.28. The number of rotatable bonds is 2. The average molecular weight is 205 g/mol. The maximum Gasteiger partial charge on any atom is 0.248 e. The third-order valence-electron chi connectivity index (χ3n) is 2.75. The van der Waals surface area contributed by atoms with Crippen molar-refractivity contribution in [1.82, 2.24) is 4.90 Å². The number of ether oxygens (including phenoxy) is 1. The van der Waals surface area contributed by atoms with Crippen LogP contribution in [0.15, 0.2) is 24.3 Å². The molecule has 0 saturated heterocycles. The maximum atomic E-state index is 11.6. The number of hydrogen-bond donors (Lipinski definition) is 0. The summed E-state index contributed by atoms with van der Waals surface area (Å²) in [5, 5.41) is 0. The van der Waals surface area contributed by atoms with E-state index in [2.05, 4.69) is 12.1 Å². The van der Waals surface area contributed by atoms with E-state index in [9.17, 15) is 4.79 Å². The number of hydrogen-bond acceptors (Lipinski definition) is 2. The van der Waals surface area contributed by atoms with Crippen LogP contribution in [0.4, 0.5) is 0 Å². The summed E-state index contributed by atoms with van der Waals surface area (Å²) in [5.41, 5.74) is 2.62. The molecule has 0 fully saturated rings. The zero-order valence-corrected chi connectivity index (χ0v) is 8.90. The zero-order chi connectivity index (χ0) is 10.7.